The van der Waals surface area contributed by atoms with E-state index >= 15 is 0 Å². The molecule has 0 aliphatic rings. The minimum atomic E-state index is 0.310. The maximum atomic E-state index is 5.68. The normalized spacial score (nSPS) is 11.4. The van der Waals surface area contributed by atoms with Crippen molar-refractivity contribution in [2.24, 2.45) is 0 Å². The van der Waals surface area contributed by atoms with Gasteiger partial charge >= 0.3 is 22.2 Å². The molecule has 1 atom stereocenters. The predicted octanol–water partition coefficient (Wildman–Crippen LogP) is 1.54. The Hall–Kier alpha value is 0.383. The molecular weight excluding hydrogens is 191 g/mol. The molecule has 0 aliphatic heterocycles. The van der Waals surface area contributed by atoms with E-state index in [0.717, 1.165) is 0 Å². The van der Waals surface area contributed by atoms with Gasteiger partial charge in [-0.3, -0.25) is 0 Å². The molecule has 0 aliphatic carbocycles. The molecule has 0 aromatic heterocycles. The summed E-state index contributed by atoms with van der Waals surface area (Å²) in [6.45, 7) is 3.98. The van der Waals surface area contributed by atoms with E-state index in [1.807, 2.05) is 20.3 Å². The van der Waals surface area contributed by atoms with Crippen LogP contribution < -0.4 is 0 Å². The van der Waals surface area contributed by atoms with Crippen LogP contribution in [-0.2, 0) is 22.9 Å². The third kappa shape index (κ3) is 9.63. The average Bonchev–Trinajstić information content (AvgIpc) is 1.91. The minimum absolute atomic E-state index is 0.310. The fourth-order valence-corrected chi connectivity index (χ4v) is 0.136. The van der Waals surface area contributed by atoms with E-state index in [9.17, 15) is 0 Å². The molecule has 3 heteroatoms. The van der Waals surface area contributed by atoms with Crippen molar-refractivity contribution in [3.05, 3.63) is 6.42 Å². The predicted molar refractivity (Wildman–Crippen MR) is 29.2 cm³/mol. The van der Waals surface area contributed by atoms with Gasteiger partial charge in [-0.15, -0.1) is 0 Å². The van der Waals surface area contributed by atoms with E-state index < -0.39 is 0 Å². The van der Waals surface area contributed by atoms with Gasteiger partial charge in [0.15, 0.2) is 0 Å². The van der Waals surface area contributed by atoms with Crippen LogP contribution in [0.25, 0.3) is 0 Å². The van der Waals surface area contributed by atoms with E-state index in [1.165, 1.54) is 0 Å². The van der Waals surface area contributed by atoms with Crippen LogP contribution in [-0.4, -0.2) is 13.2 Å². The molecule has 1 N–H and O–H groups in total. The van der Waals surface area contributed by atoms with Crippen LogP contribution in [0.4, 0.5) is 0 Å². The molecule has 0 aromatic carbocycles. The molecule has 0 bridgehead atoms. The molecule has 0 fully saturated rings. The van der Waals surface area contributed by atoms with Gasteiger partial charge in [0, 0.05) is 7.11 Å². The number of hydrogen-bond donors (Lipinski definition) is 1. The first-order chi connectivity index (χ1) is 3.81. The molecule has 0 aromatic rings. The summed E-state index contributed by atoms with van der Waals surface area (Å²) in [7, 11) is 1.70. The molecular formula is C5H12NORu. The van der Waals surface area contributed by atoms with Crippen molar-refractivity contribution in [1.82, 2.24) is 0 Å². The molecule has 0 rings (SSSR count). The second-order valence-corrected chi connectivity index (χ2v) is 1.27. The van der Waals surface area contributed by atoms with Gasteiger partial charge in [0.25, 0.3) is 0 Å². The Bertz CT molecular complexity index is 39.4. The zero-order valence-electron chi connectivity index (χ0n) is 5.42. The topological polar surface area (TPSA) is 33.1 Å². The number of methoxy groups -OCH3 is 1. The van der Waals surface area contributed by atoms with Crippen molar-refractivity contribution in [1.29, 1.82) is 4.10 Å². The van der Waals surface area contributed by atoms with Crippen LogP contribution in [0.5, 0.6) is 0 Å². The van der Waals surface area contributed by atoms with Gasteiger partial charge in [-0.1, -0.05) is 13.0 Å². The molecule has 8 heavy (non-hydrogen) atoms. The Morgan fingerprint density at radius 1 is 1.62 bits per heavy atom. The molecule has 0 heterocycles. The van der Waals surface area contributed by atoms with Gasteiger partial charge in [0.1, 0.15) is 0 Å². The number of ether oxygens (including phenoxy) is 1. The average molecular weight is 203 g/mol. The first-order valence-corrected chi connectivity index (χ1v) is 3.18. The summed E-state index contributed by atoms with van der Waals surface area (Å²) in [5.41, 5.74) is 0. The quantitative estimate of drug-likeness (QED) is 0.536. The van der Waals surface area contributed by atoms with Crippen molar-refractivity contribution in [2.45, 2.75) is 20.0 Å². The van der Waals surface area contributed by atoms with Crippen molar-refractivity contribution < 1.29 is 22.9 Å². The van der Waals surface area contributed by atoms with E-state index in [2.05, 4.69) is 0 Å². The van der Waals surface area contributed by atoms with Crippen molar-refractivity contribution >= 4 is 0 Å². The summed E-state index contributed by atoms with van der Waals surface area (Å²) in [4.78, 5) is 0. The van der Waals surface area contributed by atoms with Gasteiger partial charge in [-0.05, 0) is 0 Å². The van der Waals surface area contributed by atoms with Crippen LogP contribution in [0.3, 0.4) is 0 Å². The molecule has 1 unspecified atom stereocenters. The molecule has 51 valence electrons. The molecule has 0 radical (unpaired) electrons. The summed E-state index contributed by atoms with van der Waals surface area (Å²) in [6, 6.07) is 0. The van der Waals surface area contributed by atoms with Crippen LogP contribution >= 0.6 is 0 Å². The molecule has 0 saturated carbocycles. The molecule has 0 amide bonds. The van der Waals surface area contributed by atoms with Crippen molar-refractivity contribution in [3.63, 3.8) is 0 Å². The summed E-state index contributed by atoms with van der Waals surface area (Å²) in [5, 5.41) is 0. The molecule has 0 saturated heterocycles. The van der Waals surface area contributed by atoms with Crippen LogP contribution in [0.2, 0.25) is 0 Å². The Kier molecular flexibility index (Phi) is 14.6. The van der Waals surface area contributed by atoms with Gasteiger partial charge in [-0.25, -0.2) is 0 Å². The zero-order valence-corrected chi connectivity index (χ0v) is 7.15. The molecule has 0 spiro atoms. The maximum absolute atomic E-state index is 5.68. The third-order valence-corrected chi connectivity index (χ3v) is 0.841. The molecule has 2 nitrogen and oxygen atoms in total. The van der Waals surface area contributed by atoms with Gasteiger partial charge in [0.2, 0.25) is 0 Å². The SMILES string of the molecule is C[CH-]C(C)OC.[NH]=[Ru+]. The summed E-state index contributed by atoms with van der Waals surface area (Å²) in [6.07, 6.45) is 2.31. The monoisotopic (exact) mass is 204 g/mol. The second-order valence-electron chi connectivity index (χ2n) is 1.27. The van der Waals surface area contributed by atoms with E-state index in [1.54, 1.807) is 25.2 Å². The van der Waals surface area contributed by atoms with Gasteiger partial charge in [-0.2, -0.15) is 6.92 Å². The first kappa shape index (κ1) is 11.2. The van der Waals surface area contributed by atoms with Gasteiger partial charge < -0.3 is 11.2 Å². The van der Waals surface area contributed by atoms with Crippen LogP contribution in [0.1, 0.15) is 13.8 Å². The third-order valence-electron chi connectivity index (χ3n) is 0.841. The Balaban J connectivity index is 0. The van der Waals surface area contributed by atoms with E-state index in [-0.39, 0.29) is 0 Å². The van der Waals surface area contributed by atoms with E-state index in [4.69, 9.17) is 8.84 Å². The summed E-state index contributed by atoms with van der Waals surface area (Å²) >= 11 is 1.60. The zero-order chi connectivity index (χ0) is 6.99. The fraction of sp³-hybridized carbons (Fsp3) is 0.800. The van der Waals surface area contributed by atoms with Crippen molar-refractivity contribution in [2.75, 3.05) is 7.11 Å². The number of nitrogens with one attached hydrogen (secondary N) is 1. The number of rotatable bonds is 2. The number of hydrogen-bond acceptors (Lipinski definition) is 2. The Morgan fingerprint density at radius 2 is 2.00 bits per heavy atom. The van der Waals surface area contributed by atoms with Gasteiger partial charge in [0.05, 0.1) is 0 Å². The van der Waals surface area contributed by atoms with Crippen LogP contribution in [0, 0.1) is 10.5 Å². The first-order valence-electron chi connectivity index (χ1n) is 2.31. The Labute approximate surface area is 60.9 Å². The standard InChI is InChI=1S/C5H11O.HN.Ru/c1-4-5(2)6-3;;/h4-5H,1-3H3;1H;/q-1;;+1. The second kappa shape index (κ2) is 10.4. The summed E-state index contributed by atoms with van der Waals surface area (Å²) < 4.78 is 10.5. The van der Waals surface area contributed by atoms with E-state index in [0.29, 0.717) is 6.10 Å². The van der Waals surface area contributed by atoms with Crippen LogP contribution in [0.15, 0.2) is 0 Å². The fourth-order valence-electron chi connectivity index (χ4n) is 0.136. The Morgan fingerprint density at radius 3 is 2.00 bits per heavy atom. The van der Waals surface area contributed by atoms with Crippen molar-refractivity contribution in [3.8, 4) is 0 Å². The summed E-state index contributed by atoms with van der Waals surface area (Å²) in [5.74, 6) is 0.